The third-order valence-corrected chi connectivity index (χ3v) is 4.16. The lowest BCUT2D eigenvalue weighted by molar-refractivity contribution is 0.204. The first-order valence-electron chi connectivity index (χ1n) is 6.37. The molecule has 0 amide bonds. The van der Waals surface area contributed by atoms with Crippen molar-refractivity contribution in [1.82, 2.24) is 10.0 Å². The topological polar surface area (TPSA) is 67.4 Å². The fourth-order valence-corrected chi connectivity index (χ4v) is 2.86. The van der Waals surface area contributed by atoms with Crippen LogP contribution < -0.4 is 10.0 Å². The fourth-order valence-electron chi connectivity index (χ4n) is 1.59. The van der Waals surface area contributed by atoms with Crippen molar-refractivity contribution < 1.29 is 17.5 Å². The Hall–Kier alpha value is -1.02. The van der Waals surface area contributed by atoms with Crippen molar-refractivity contribution >= 4 is 10.0 Å². The first-order chi connectivity index (χ1) is 9.36. The van der Waals surface area contributed by atoms with Crippen LogP contribution >= 0.6 is 0 Å². The monoisotopic (exact) mass is 304 g/mol. The minimum Gasteiger partial charge on any atom is -0.383 e. The Morgan fingerprint density at radius 3 is 2.65 bits per heavy atom. The maximum atomic E-state index is 13.3. The molecule has 0 spiro atoms. The van der Waals surface area contributed by atoms with Crippen molar-refractivity contribution in [3.8, 4) is 0 Å². The molecule has 114 valence electrons. The van der Waals surface area contributed by atoms with Gasteiger partial charge in [0.25, 0.3) is 0 Å². The van der Waals surface area contributed by atoms with Gasteiger partial charge in [-0.15, -0.1) is 0 Å². The number of rotatable bonds is 8. The molecule has 0 unspecified atom stereocenters. The van der Waals surface area contributed by atoms with Crippen LogP contribution in [0.15, 0.2) is 23.1 Å². The Morgan fingerprint density at radius 2 is 2.05 bits per heavy atom. The predicted molar refractivity (Wildman–Crippen MR) is 75.4 cm³/mol. The van der Waals surface area contributed by atoms with E-state index < -0.39 is 15.8 Å². The summed E-state index contributed by atoms with van der Waals surface area (Å²) in [4.78, 5) is -0.0400. The molecule has 0 heterocycles. The summed E-state index contributed by atoms with van der Waals surface area (Å²) in [5.74, 6) is -0.578. The predicted octanol–water partition coefficient (Wildman–Crippen LogP) is 1.25. The molecule has 0 saturated heterocycles. The van der Waals surface area contributed by atoms with E-state index in [1.165, 1.54) is 19.2 Å². The molecule has 0 aromatic heterocycles. The van der Waals surface area contributed by atoms with Crippen LogP contribution in [0.1, 0.15) is 19.4 Å². The van der Waals surface area contributed by atoms with E-state index in [4.69, 9.17) is 4.74 Å². The summed E-state index contributed by atoms with van der Waals surface area (Å²) in [6.45, 7) is 4.67. The van der Waals surface area contributed by atoms with Crippen LogP contribution in [0, 0.1) is 5.82 Å². The van der Waals surface area contributed by atoms with Gasteiger partial charge in [0.1, 0.15) is 5.82 Å². The van der Waals surface area contributed by atoms with Crippen LogP contribution in [0.25, 0.3) is 0 Å². The van der Waals surface area contributed by atoms with Gasteiger partial charge in [-0.1, -0.05) is 19.9 Å². The van der Waals surface area contributed by atoms with Crippen LogP contribution in [-0.4, -0.2) is 34.7 Å². The van der Waals surface area contributed by atoms with Gasteiger partial charge in [0, 0.05) is 26.2 Å². The number of hydrogen-bond donors (Lipinski definition) is 2. The van der Waals surface area contributed by atoms with E-state index in [0.29, 0.717) is 12.1 Å². The second-order valence-corrected chi connectivity index (χ2v) is 6.41. The van der Waals surface area contributed by atoms with E-state index in [1.54, 1.807) is 0 Å². The van der Waals surface area contributed by atoms with E-state index in [0.717, 1.165) is 6.07 Å². The maximum absolute atomic E-state index is 13.3. The third-order valence-electron chi connectivity index (χ3n) is 2.62. The molecule has 0 aliphatic carbocycles. The number of nitrogens with one attached hydrogen (secondary N) is 2. The van der Waals surface area contributed by atoms with Crippen molar-refractivity contribution in [2.45, 2.75) is 31.3 Å². The molecule has 0 atom stereocenters. The van der Waals surface area contributed by atoms with Gasteiger partial charge < -0.3 is 10.1 Å². The number of sulfonamides is 1. The van der Waals surface area contributed by atoms with E-state index in [2.05, 4.69) is 10.0 Å². The lowest BCUT2D eigenvalue weighted by Crippen LogP contribution is -2.29. The van der Waals surface area contributed by atoms with E-state index in [-0.39, 0.29) is 24.1 Å². The van der Waals surface area contributed by atoms with E-state index in [1.807, 2.05) is 13.8 Å². The van der Waals surface area contributed by atoms with Crippen molar-refractivity contribution in [2.24, 2.45) is 0 Å². The molecule has 1 rings (SSSR count). The van der Waals surface area contributed by atoms with Gasteiger partial charge in [-0.05, 0) is 17.7 Å². The molecule has 5 nitrogen and oxygen atoms in total. The molecule has 20 heavy (non-hydrogen) atoms. The maximum Gasteiger partial charge on any atom is 0.241 e. The van der Waals surface area contributed by atoms with Crippen molar-refractivity contribution in [3.63, 3.8) is 0 Å². The van der Waals surface area contributed by atoms with Crippen molar-refractivity contribution in [1.29, 1.82) is 0 Å². The average molecular weight is 304 g/mol. The molecule has 2 N–H and O–H groups in total. The molecule has 0 saturated carbocycles. The van der Waals surface area contributed by atoms with Gasteiger partial charge in [0.2, 0.25) is 10.0 Å². The summed E-state index contributed by atoms with van der Waals surface area (Å²) >= 11 is 0. The highest BCUT2D eigenvalue weighted by Gasteiger charge is 2.19. The van der Waals surface area contributed by atoms with Crippen LogP contribution in [-0.2, 0) is 21.3 Å². The minimum atomic E-state index is -3.74. The number of halogens is 1. The standard InChI is InChI=1S/C13H21FN2O3S/c1-10(2)15-9-11-4-5-12(14)8-13(11)20(17,18)16-6-7-19-3/h4-5,8,10,15-16H,6-7,9H2,1-3H3. The quantitative estimate of drug-likeness (QED) is 0.709. The van der Waals surface area contributed by atoms with Crippen LogP contribution in [0.3, 0.4) is 0 Å². The lowest BCUT2D eigenvalue weighted by atomic mass is 10.2. The molecule has 0 aliphatic heterocycles. The van der Waals surface area contributed by atoms with Gasteiger partial charge in [0.05, 0.1) is 11.5 Å². The van der Waals surface area contributed by atoms with Gasteiger partial charge in [0.15, 0.2) is 0 Å². The summed E-state index contributed by atoms with van der Waals surface area (Å²) in [5.41, 5.74) is 0.532. The second-order valence-electron chi connectivity index (χ2n) is 4.68. The highest BCUT2D eigenvalue weighted by atomic mass is 32.2. The molecule has 0 fully saturated rings. The molecule has 0 aliphatic rings. The SMILES string of the molecule is COCCNS(=O)(=O)c1cc(F)ccc1CNC(C)C. The highest BCUT2D eigenvalue weighted by Crippen LogP contribution is 2.17. The van der Waals surface area contributed by atoms with Crippen LogP contribution in [0.5, 0.6) is 0 Å². The van der Waals surface area contributed by atoms with Gasteiger partial charge in [-0.3, -0.25) is 0 Å². The van der Waals surface area contributed by atoms with Crippen LogP contribution in [0.2, 0.25) is 0 Å². The second kappa shape index (κ2) is 7.68. The normalized spacial score (nSPS) is 12.1. The average Bonchev–Trinajstić information content (AvgIpc) is 2.37. The third kappa shape index (κ3) is 5.16. The Kier molecular flexibility index (Phi) is 6.54. The Labute approximate surface area is 119 Å². The zero-order valence-corrected chi connectivity index (χ0v) is 12.8. The lowest BCUT2D eigenvalue weighted by Gasteiger charge is -2.14. The summed E-state index contributed by atoms with van der Waals surface area (Å²) in [6, 6.07) is 3.98. The van der Waals surface area contributed by atoms with E-state index >= 15 is 0 Å². The van der Waals surface area contributed by atoms with Crippen LogP contribution in [0.4, 0.5) is 4.39 Å². The van der Waals surface area contributed by atoms with E-state index in [9.17, 15) is 12.8 Å². The zero-order chi connectivity index (χ0) is 15.2. The molecule has 1 aromatic carbocycles. The molecule has 7 heteroatoms. The molecule has 0 radical (unpaired) electrons. The van der Waals surface area contributed by atoms with Gasteiger partial charge >= 0.3 is 0 Å². The fraction of sp³-hybridized carbons (Fsp3) is 0.538. The zero-order valence-electron chi connectivity index (χ0n) is 11.9. The number of ether oxygens (including phenoxy) is 1. The minimum absolute atomic E-state index is 0.0400. The molecule has 1 aromatic rings. The smallest absolute Gasteiger partial charge is 0.241 e. The van der Waals surface area contributed by atoms with Gasteiger partial charge in [-0.25, -0.2) is 17.5 Å². The Balaban J connectivity index is 2.98. The van der Waals surface area contributed by atoms with Crippen molar-refractivity contribution in [3.05, 3.63) is 29.6 Å². The first-order valence-corrected chi connectivity index (χ1v) is 7.85. The summed E-state index contributed by atoms with van der Waals surface area (Å²) in [5, 5.41) is 3.12. The highest BCUT2D eigenvalue weighted by molar-refractivity contribution is 7.89. The van der Waals surface area contributed by atoms with Gasteiger partial charge in [-0.2, -0.15) is 0 Å². The number of hydrogen-bond acceptors (Lipinski definition) is 4. The number of benzene rings is 1. The first kappa shape index (κ1) is 17.0. The Morgan fingerprint density at radius 1 is 1.35 bits per heavy atom. The van der Waals surface area contributed by atoms with Crippen molar-refractivity contribution in [2.75, 3.05) is 20.3 Å². The summed E-state index contributed by atoms with van der Waals surface area (Å²) < 4.78 is 44.8. The summed E-state index contributed by atoms with van der Waals surface area (Å²) in [6.07, 6.45) is 0. The number of methoxy groups -OCH3 is 1. The molecule has 0 bridgehead atoms. The largest absolute Gasteiger partial charge is 0.383 e. The summed E-state index contributed by atoms with van der Waals surface area (Å²) in [7, 11) is -2.26. The molecular weight excluding hydrogens is 283 g/mol. The Bertz CT molecular complexity index is 532. The molecular formula is C13H21FN2O3S.